The van der Waals surface area contributed by atoms with Crippen molar-refractivity contribution < 1.29 is 24.2 Å². The Morgan fingerprint density at radius 2 is 2.07 bits per heavy atom. The van der Waals surface area contributed by atoms with Crippen LogP contribution in [0.3, 0.4) is 0 Å². The summed E-state index contributed by atoms with van der Waals surface area (Å²) in [5.41, 5.74) is 3.32. The molecular weight excluding hydrogens is 360 g/mol. The molecule has 2 N–H and O–H groups in total. The number of rotatable bonds is 9. The number of nitrogens with one attached hydrogen (secondary N) is 1. The summed E-state index contributed by atoms with van der Waals surface area (Å²) >= 11 is 0. The SMILES string of the molecule is COc1c(C)c2c(c(O)c1C/C=C(\C)CCC(=O)NCCN(C)C)C(=O)OC2. The van der Waals surface area contributed by atoms with Crippen LogP contribution in [0.5, 0.6) is 11.5 Å². The van der Waals surface area contributed by atoms with Crippen molar-refractivity contribution in [2.24, 2.45) is 0 Å². The number of cyclic esters (lactones) is 1. The van der Waals surface area contributed by atoms with Crippen molar-refractivity contribution >= 4 is 11.9 Å². The summed E-state index contributed by atoms with van der Waals surface area (Å²) in [6.07, 6.45) is 3.40. The predicted molar refractivity (Wildman–Crippen MR) is 107 cm³/mol. The summed E-state index contributed by atoms with van der Waals surface area (Å²) in [6.45, 7) is 5.40. The third-order valence-corrected chi connectivity index (χ3v) is 4.93. The van der Waals surface area contributed by atoms with Crippen LogP contribution in [-0.2, 0) is 22.6 Å². The van der Waals surface area contributed by atoms with Crippen LogP contribution in [0.2, 0.25) is 0 Å². The van der Waals surface area contributed by atoms with Gasteiger partial charge in [0, 0.05) is 30.6 Å². The van der Waals surface area contributed by atoms with Gasteiger partial charge in [-0.15, -0.1) is 0 Å². The molecule has 0 saturated carbocycles. The molecule has 0 bridgehead atoms. The van der Waals surface area contributed by atoms with Gasteiger partial charge in [-0.1, -0.05) is 11.6 Å². The maximum atomic E-state index is 11.9. The number of ether oxygens (including phenoxy) is 2. The number of carbonyl (C=O) groups excluding carboxylic acids is 2. The molecule has 1 aromatic rings. The Hall–Kier alpha value is -2.54. The van der Waals surface area contributed by atoms with Crippen molar-refractivity contribution in [2.75, 3.05) is 34.3 Å². The van der Waals surface area contributed by atoms with Crippen molar-refractivity contribution in [1.82, 2.24) is 10.2 Å². The predicted octanol–water partition coefficient (Wildman–Crippen LogP) is 2.33. The second-order valence-corrected chi connectivity index (χ2v) is 7.32. The van der Waals surface area contributed by atoms with E-state index < -0.39 is 5.97 Å². The zero-order valence-electron chi connectivity index (χ0n) is 17.3. The largest absolute Gasteiger partial charge is 0.507 e. The lowest BCUT2D eigenvalue weighted by Crippen LogP contribution is -2.31. The topological polar surface area (TPSA) is 88.1 Å². The quantitative estimate of drug-likeness (QED) is 0.497. The second-order valence-electron chi connectivity index (χ2n) is 7.32. The van der Waals surface area contributed by atoms with E-state index >= 15 is 0 Å². The normalized spacial score (nSPS) is 13.5. The fraction of sp³-hybridized carbons (Fsp3) is 0.524. The van der Waals surface area contributed by atoms with Gasteiger partial charge in [0.2, 0.25) is 5.91 Å². The molecule has 7 nitrogen and oxygen atoms in total. The summed E-state index contributed by atoms with van der Waals surface area (Å²) in [6, 6.07) is 0. The van der Waals surface area contributed by atoms with Crippen LogP contribution in [0.15, 0.2) is 11.6 Å². The Bertz CT molecular complexity index is 784. The molecule has 0 saturated heterocycles. The van der Waals surface area contributed by atoms with E-state index in [4.69, 9.17) is 9.47 Å². The first kappa shape index (κ1) is 21.8. The lowest BCUT2D eigenvalue weighted by atomic mass is 9.94. The fourth-order valence-electron chi connectivity index (χ4n) is 3.22. The summed E-state index contributed by atoms with van der Waals surface area (Å²) in [7, 11) is 5.47. The highest BCUT2D eigenvalue weighted by atomic mass is 16.5. The van der Waals surface area contributed by atoms with Gasteiger partial charge in [0.1, 0.15) is 23.7 Å². The van der Waals surface area contributed by atoms with Crippen LogP contribution in [-0.4, -0.2) is 56.2 Å². The standard InChI is InChI=1S/C21H30N2O5/c1-13(7-9-17(24)22-10-11-23(3)4)6-8-15-19(25)18-16(12-28-21(18)26)14(2)20(15)27-5/h6,25H,7-12H2,1-5H3,(H,22,24)/b13-6+. The molecule has 7 heteroatoms. The minimum Gasteiger partial charge on any atom is -0.507 e. The molecule has 28 heavy (non-hydrogen) atoms. The molecular formula is C21H30N2O5. The third-order valence-electron chi connectivity index (χ3n) is 4.93. The number of hydrogen-bond acceptors (Lipinski definition) is 6. The van der Waals surface area contributed by atoms with Crippen molar-refractivity contribution in [3.05, 3.63) is 33.9 Å². The Morgan fingerprint density at radius 3 is 2.71 bits per heavy atom. The molecule has 0 atom stereocenters. The van der Waals surface area contributed by atoms with Crippen molar-refractivity contribution in [2.45, 2.75) is 39.7 Å². The van der Waals surface area contributed by atoms with Gasteiger partial charge in [-0.3, -0.25) is 4.79 Å². The van der Waals surface area contributed by atoms with Crippen molar-refractivity contribution in [1.29, 1.82) is 0 Å². The van der Waals surface area contributed by atoms with E-state index in [1.807, 2.05) is 38.9 Å². The van der Waals surface area contributed by atoms with E-state index in [0.29, 0.717) is 42.7 Å². The molecule has 1 aromatic carbocycles. The zero-order chi connectivity index (χ0) is 20.8. The Kier molecular flexibility index (Phi) is 7.45. The highest BCUT2D eigenvalue weighted by Crippen LogP contribution is 2.42. The van der Waals surface area contributed by atoms with Crippen LogP contribution < -0.4 is 10.1 Å². The molecule has 1 aliphatic rings. The van der Waals surface area contributed by atoms with Gasteiger partial charge in [-0.05, 0) is 46.3 Å². The number of nitrogens with zero attached hydrogens (tertiary/aromatic N) is 1. The monoisotopic (exact) mass is 390 g/mol. The first-order valence-electron chi connectivity index (χ1n) is 9.41. The van der Waals surface area contributed by atoms with Crippen molar-refractivity contribution in [3.63, 3.8) is 0 Å². The minimum atomic E-state index is -0.505. The average Bonchev–Trinajstić information content (AvgIpc) is 3.03. The van der Waals surface area contributed by atoms with Crippen LogP contribution in [0.1, 0.15) is 46.8 Å². The maximum absolute atomic E-state index is 11.9. The number of phenols is 1. The number of methoxy groups -OCH3 is 1. The van der Waals surface area contributed by atoms with Gasteiger partial charge >= 0.3 is 5.97 Å². The summed E-state index contributed by atoms with van der Waals surface area (Å²) < 4.78 is 10.5. The van der Waals surface area contributed by atoms with E-state index in [1.54, 1.807) is 7.11 Å². The number of aromatic hydroxyl groups is 1. The number of allylic oxidation sites excluding steroid dienone is 2. The summed E-state index contributed by atoms with van der Waals surface area (Å²) in [5.74, 6) is 0.00575. The molecule has 0 unspecified atom stereocenters. The number of benzene rings is 1. The van der Waals surface area contributed by atoms with Gasteiger partial charge in [0.05, 0.1) is 7.11 Å². The summed E-state index contributed by atoms with van der Waals surface area (Å²) in [5, 5.41) is 13.5. The third kappa shape index (κ3) is 5.04. The lowest BCUT2D eigenvalue weighted by Gasteiger charge is -2.15. The smallest absolute Gasteiger partial charge is 0.342 e. The van der Waals surface area contributed by atoms with E-state index in [9.17, 15) is 14.7 Å². The van der Waals surface area contributed by atoms with E-state index in [-0.39, 0.29) is 23.8 Å². The molecule has 0 fully saturated rings. The number of carbonyl (C=O) groups is 2. The molecule has 154 valence electrons. The lowest BCUT2D eigenvalue weighted by molar-refractivity contribution is -0.121. The van der Waals surface area contributed by atoms with Crippen LogP contribution in [0, 0.1) is 6.92 Å². The maximum Gasteiger partial charge on any atom is 0.342 e. The number of esters is 1. The molecule has 1 aliphatic heterocycles. The van der Waals surface area contributed by atoms with Gasteiger partial charge in [-0.25, -0.2) is 4.79 Å². The van der Waals surface area contributed by atoms with Gasteiger partial charge < -0.3 is 24.8 Å². The minimum absolute atomic E-state index is 0.0196. The van der Waals surface area contributed by atoms with Gasteiger partial charge in [-0.2, -0.15) is 0 Å². The molecule has 0 aliphatic carbocycles. The van der Waals surface area contributed by atoms with E-state index in [2.05, 4.69) is 5.32 Å². The molecule has 0 aromatic heterocycles. The Morgan fingerprint density at radius 1 is 1.36 bits per heavy atom. The van der Waals surface area contributed by atoms with Crippen LogP contribution in [0.4, 0.5) is 0 Å². The molecule has 2 rings (SSSR count). The Labute approximate surface area is 166 Å². The van der Waals surface area contributed by atoms with Gasteiger partial charge in [0.15, 0.2) is 0 Å². The number of hydrogen-bond donors (Lipinski definition) is 2. The number of likely N-dealkylation sites (N-methyl/N-ethyl adjacent to an activating group) is 1. The Balaban J connectivity index is 2.05. The second kappa shape index (κ2) is 9.59. The van der Waals surface area contributed by atoms with Crippen LogP contribution >= 0.6 is 0 Å². The first-order chi connectivity index (χ1) is 13.3. The number of phenolic OH excluding ortho intramolecular Hbond substituents is 1. The highest BCUT2D eigenvalue weighted by Gasteiger charge is 2.31. The number of fused-ring (bicyclic) bond motifs is 1. The van der Waals surface area contributed by atoms with E-state index in [1.165, 1.54) is 0 Å². The van der Waals surface area contributed by atoms with E-state index in [0.717, 1.165) is 17.7 Å². The molecule has 1 heterocycles. The first-order valence-corrected chi connectivity index (χ1v) is 9.41. The summed E-state index contributed by atoms with van der Waals surface area (Å²) in [4.78, 5) is 25.9. The van der Waals surface area contributed by atoms with Gasteiger partial charge in [0.25, 0.3) is 0 Å². The van der Waals surface area contributed by atoms with Crippen molar-refractivity contribution in [3.8, 4) is 11.5 Å². The average molecular weight is 390 g/mol. The fourth-order valence-corrected chi connectivity index (χ4v) is 3.22. The molecule has 0 radical (unpaired) electrons. The zero-order valence-corrected chi connectivity index (χ0v) is 17.3. The number of amides is 1. The molecule has 0 spiro atoms. The highest BCUT2D eigenvalue weighted by molar-refractivity contribution is 5.98. The van der Waals surface area contributed by atoms with Crippen LogP contribution in [0.25, 0.3) is 0 Å². The molecule has 1 amide bonds.